The first-order valence-electron chi connectivity index (χ1n) is 10.3. The van der Waals surface area contributed by atoms with Crippen LogP contribution in [0.2, 0.25) is 0 Å². The van der Waals surface area contributed by atoms with E-state index in [4.69, 9.17) is 4.99 Å². The van der Waals surface area contributed by atoms with Gasteiger partial charge in [0.1, 0.15) is 0 Å². The molecule has 3 fully saturated rings. The fourth-order valence-corrected chi connectivity index (χ4v) is 3.99. The number of piperazine rings is 1. The fourth-order valence-electron chi connectivity index (χ4n) is 3.99. The highest BCUT2D eigenvalue weighted by Crippen LogP contribution is 2.28. The first-order valence-corrected chi connectivity index (χ1v) is 10.3. The Hall–Kier alpha value is -0.570. The number of aliphatic imine (C=N–C) groups is 1. The molecular weight excluding hydrogens is 441 g/mol. The zero-order valence-corrected chi connectivity index (χ0v) is 18.5. The van der Waals surface area contributed by atoms with Crippen molar-refractivity contribution in [1.82, 2.24) is 20.4 Å². The highest BCUT2D eigenvalue weighted by atomic mass is 127. The van der Waals surface area contributed by atoms with Gasteiger partial charge >= 0.3 is 0 Å². The second kappa shape index (κ2) is 11.3. The van der Waals surface area contributed by atoms with Crippen LogP contribution in [0.5, 0.6) is 0 Å². The van der Waals surface area contributed by atoms with Crippen LogP contribution in [0.3, 0.4) is 0 Å². The fraction of sp³-hybridized carbons (Fsp3) is 0.895. The van der Waals surface area contributed by atoms with E-state index < -0.39 is 0 Å². The third-order valence-corrected chi connectivity index (χ3v) is 5.86. The minimum atomic E-state index is 0. The third kappa shape index (κ3) is 6.25. The van der Waals surface area contributed by atoms with E-state index in [-0.39, 0.29) is 24.0 Å². The molecule has 0 unspecified atom stereocenters. The third-order valence-electron chi connectivity index (χ3n) is 5.86. The first kappa shape index (κ1) is 21.7. The van der Waals surface area contributed by atoms with Crippen molar-refractivity contribution in [2.75, 3.05) is 45.8 Å². The van der Waals surface area contributed by atoms with E-state index in [1.165, 1.54) is 32.1 Å². The molecule has 3 aliphatic rings. The van der Waals surface area contributed by atoms with Crippen LogP contribution in [0.4, 0.5) is 0 Å². The molecule has 2 N–H and O–H groups in total. The summed E-state index contributed by atoms with van der Waals surface area (Å²) in [5.41, 5.74) is 0. The molecule has 0 atom stereocenters. The molecule has 1 saturated heterocycles. The van der Waals surface area contributed by atoms with E-state index in [0.29, 0.717) is 17.9 Å². The Morgan fingerprint density at radius 3 is 2.31 bits per heavy atom. The molecule has 6 nitrogen and oxygen atoms in total. The molecule has 2 saturated carbocycles. The Morgan fingerprint density at radius 2 is 1.73 bits per heavy atom. The Morgan fingerprint density at radius 1 is 1.04 bits per heavy atom. The van der Waals surface area contributed by atoms with Gasteiger partial charge in [-0.25, -0.2) is 0 Å². The molecule has 1 heterocycles. The van der Waals surface area contributed by atoms with Crippen molar-refractivity contribution >= 4 is 35.8 Å². The maximum absolute atomic E-state index is 12.3. The zero-order chi connectivity index (χ0) is 17.5. The van der Waals surface area contributed by atoms with E-state index in [0.717, 1.165) is 64.6 Å². The lowest BCUT2D eigenvalue weighted by atomic mass is 9.84. The first-order chi connectivity index (χ1) is 12.3. The average molecular weight is 477 g/mol. The molecule has 150 valence electrons. The number of guanidine groups is 1. The summed E-state index contributed by atoms with van der Waals surface area (Å²) in [5.74, 6) is 1.70. The largest absolute Gasteiger partial charge is 0.357 e. The lowest BCUT2D eigenvalue weighted by molar-refractivity contribution is -0.139. The highest BCUT2D eigenvalue weighted by molar-refractivity contribution is 14.0. The van der Waals surface area contributed by atoms with Crippen LogP contribution in [-0.4, -0.2) is 73.5 Å². The second-order valence-corrected chi connectivity index (χ2v) is 7.68. The quantitative estimate of drug-likeness (QED) is 0.349. The summed E-state index contributed by atoms with van der Waals surface area (Å²) >= 11 is 0. The smallest absolute Gasteiger partial charge is 0.225 e. The van der Waals surface area contributed by atoms with Crippen molar-refractivity contribution < 1.29 is 4.79 Å². The van der Waals surface area contributed by atoms with Crippen LogP contribution in [-0.2, 0) is 4.79 Å². The van der Waals surface area contributed by atoms with Gasteiger partial charge in [0.15, 0.2) is 5.96 Å². The maximum Gasteiger partial charge on any atom is 0.225 e. The second-order valence-electron chi connectivity index (χ2n) is 7.68. The summed E-state index contributed by atoms with van der Waals surface area (Å²) in [6.07, 6.45) is 8.64. The Labute approximate surface area is 175 Å². The summed E-state index contributed by atoms with van der Waals surface area (Å²) in [4.78, 5) is 21.6. The molecular formula is C19H36IN5O. The van der Waals surface area contributed by atoms with Gasteiger partial charge < -0.3 is 15.5 Å². The van der Waals surface area contributed by atoms with Gasteiger partial charge in [-0.05, 0) is 32.6 Å². The Bertz CT molecular complexity index is 455. The molecule has 0 radical (unpaired) electrons. The molecule has 0 spiro atoms. The zero-order valence-electron chi connectivity index (χ0n) is 16.2. The van der Waals surface area contributed by atoms with Gasteiger partial charge in [-0.15, -0.1) is 24.0 Å². The van der Waals surface area contributed by atoms with Crippen LogP contribution >= 0.6 is 24.0 Å². The van der Waals surface area contributed by atoms with E-state index >= 15 is 0 Å². The van der Waals surface area contributed by atoms with Crippen molar-refractivity contribution in [3.63, 3.8) is 0 Å². The number of halogens is 1. The van der Waals surface area contributed by atoms with Crippen LogP contribution in [0.1, 0.15) is 51.9 Å². The number of carbonyl (C=O) groups excluding carboxylic acids is 1. The number of carbonyl (C=O) groups is 1. The molecule has 1 aliphatic heterocycles. The number of amides is 1. The summed E-state index contributed by atoms with van der Waals surface area (Å²) < 4.78 is 0. The topological polar surface area (TPSA) is 60.0 Å². The predicted molar refractivity (Wildman–Crippen MR) is 117 cm³/mol. The molecule has 2 aliphatic carbocycles. The minimum absolute atomic E-state index is 0. The Kier molecular flexibility index (Phi) is 9.45. The molecule has 3 rings (SSSR count). The summed E-state index contributed by atoms with van der Waals surface area (Å²) in [7, 11) is 0. The van der Waals surface area contributed by atoms with Crippen molar-refractivity contribution in [2.45, 2.75) is 57.9 Å². The van der Waals surface area contributed by atoms with Crippen LogP contribution in [0.15, 0.2) is 4.99 Å². The summed E-state index contributed by atoms with van der Waals surface area (Å²) in [5, 5.41) is 6.93. The lowest BCUT2D eigenvalue weighted by Crippen LogP contribution is -2.51. The average Bonchev–Trinajstić information content (AvgIpc) is 3.07. The number of hydrogen-bond acceptors (Lipinski definition) is 3. The van der Waals surface area contributed by atoms with Crippen molar-refractivity contribution in [3.05, 3.63) is 0 Å². The number of rotatable bonds is 6. The van der Waals surface area contributed by atoms with E-state index in [9.17, 15) is 4.79 Å². The molecule has 26 heavy (non-hydrogen) atoms. The SMILES string of the molecule is CCNC(=NCCN1CCN(C(=O)C2CCC2)CC1)NC1CCCC1.I. The van der Waals surface area contributed by atoms with Crippen molar-refractivity contribution in [2.24, 2.45) is 10.9 Å². The van der Waals surface area contributed by atoms with Gasteiger partial charge in [-0.2, -0.15) is 0 Å². The van der Waals surface area contributed by atoms with Gasteiger partial charge in [0.05, 0.1) is 6.54 Å². The number of hydrogen-bond donors (Lipinski definition) is 2. The van der Waals surface area contributed by atoms with E-state index in [2.05, 4.69) is 27.4 Å². The molecule has 0 bridgehead atoms. The highest BCUT2D eigenvalue weighted by Gasteiger charge is 2.31. The van der Waals surface area contributed by atoms with Crippen LogP contribution < -0.4 is 10.6 Å². The predicted octanol–water partition coefficient (Wildman–Crippen LogP) is 2.05. The number of nitrogens with one attached hydrogen (secondary N) is 2. The van der Waals surface area contributed by atoms with Crippen LogP contribution in [0.25, 0.3) is 0 Å². The minimum Gasteiger partial charge on any atom is -0.357 e. The van der Waals surface area contributed by atoms with Gasteiger partial charge in [0.2, 0.25) is 5.91 Å². The number of nitrogens with zero attached hydrogens (tertiary/aromatic N) is 3. The molecule has 0 aromatic heterocycles. The standard InChI is InChI=1S/C19H35N5O.HI/c1-2-20-19(22-17-8-3-4-9-17)21-10-11-23-12-14-24(15-13-23)18(25)16-6-5-7-16;/h16-17H,2-15H2,1H3,(H2,20,21,22);1H. The van der Waals surface area contributed by atoms with Crippen LogP contribution in [0, 0.1) is 5.92 Å². The van der Waals surface area contributed by atoms with Crippen molar-refractivity contribution in [1.29, 1.82) is 0 Å². The van der Waals surface area contributed by atoms with Gasteiger partial charge in [-0.1, -0.05) is 19.3 Å². The molecule has 0 aromatic carbocycles. The summed E-state index contributed by atoms with van der Waals surface area (Å²) in [6.45, 7) is 8.57. The molecule has 1 amide bonds. The van der Waals surface area contributed by atoms with Crippen molar-refractivity contribution in [3.8, 4) is 0 Å². The van der Waals surface area contributed by atoms with Gasteiger partial charge in [-0.3, -0.25) is 14.7 Å². The molecule has 7 heteroatoms. The van der Waals surface area contributed by atoms with Gasteiger partial charge in [0, 0.05) is 51.2 Å². The summed E-state index contributed by atoms with van der Waals surface area (Å²) in [6, 6.07) is 0.596. The van der Waals surface area contributed by atoms with Gasteiger partial charge in [0.25, 0.3) is 0 Å². The Balaban J connectivity index is 0.00000243. The molecule has 0 aromatic rings. The maximum atomic E-state index is 12.3. The normalized spacial score (nSPS) is 22.7. The monoisotopic (exact) mass is 477 g/mol. The van der Waals surface area contributed by atoms with E-state index in [1.807, 2.05) is 0 Å². The van der Waals surface area contributed by atoms with E-state index in [1.54, 1.807) is 0 Å². The lowest BCUT2D eigenvalue weighted by Gasteiger charge is -2.38.